The molecular formula is C25H26N4. The number of aryl methyl sites for hydroxylation is 2. The molecule has 0 N–H and O–H groups in total. The molecule has 0 amide bonds. The van der Waals surface area contributed by atoms with Gasteiger partial charge in [0.25, 0.3) is 0 Å². The summed E-state index contributed by atoms with van der Waals surface area (Å²) in [6.45, 7) is 15.1. The highest BCUT2D eigenvalue weighted by atomic mass is 15.3. The van der Waals surface area contributed by atoms with Crippen LogP contribution in [-0.4, -0.2) is 14.8 Å². The van der Waals surface area contributed by atoms with Crippen molar-refractivity contribution in [3.63, 3.8) is 0 Å². The topological polar surface area (TPSA) is 34.0 Å². The van der Waals surface area contributed by atoms with Crippen molar-refractivity contribution < 1.29 is 0 Å². The summed E-state index contributed by atoms with van der Waals surface area (Å²) in [7, 11) is 0. The van der Waals surface area contributed by atoms with Gasteiger partial charge in [-0.2, -0.15) is 0 Å². The van der Waals surface area contributed by atoms with E-state index in [1.807, 2.05) is 40.1 Å². The van der Waals surface area contributed by atoms with E-state index < -0.39 is 0 Å². The number of para-hydroxylation sites is 1. The zero-order valence-corrected chi connectivity index (χ0v) is 17.3. The van der Waals surface area contributed by atoms with Gasteiger partial charge in [-0.05, 0) is 54.2 Å². The van der Waals surface area contributed by atoms with Crippen LogP contribution in [0.2, 0.25) is 0 Å². The molecule has 0 bridgehead atoms. The Kier molecular flexibility index (Phi) is 4.93. The minimum absolute atomic E-state index is 0.249. The smallest absolute Gasteiger partial charge is 0.184 e. The van der Waals surface area contributed by atoms with E-state index in [2.05, 4.69) is 74.5 Å². The minimum atomic E-state index is 0.249. The maximum atomic E-state index is 4.46. The predicted octanol–water partition coefficient (Wildman–Crippen LogP) is 5.71. The zero-order valence-electron chi connectivity index (χ0n) is 17.3. The first-order chi connectivity index (χ1) is 14.0. The summed E-state index contributed by atoms with van der Waals surface area (Å²) in [6.07, 6.45) is 4.79. The molecule has 0 spiro atoms. The molecule has 1 unspecified atom stereocenters. The third kappa shape index (κ3) is 3.54. The first-order valence-electron chi connectivity index (χ1n) is 9.88. The average Bonchev–Trinajstić information content (AvgIpc) is 3.14. The molecule has 0 saturated carbocycles. The molecule has 29 heavy (non-hydrogen) atoms. The van der Waals surface area contributed by atoms with Gasteiger partial charge in [-0.3, -0.25) is 4.57 Å². The molecule has 2 aromatic carbocycles. The molecule has 4 nitrogen and oxygen atoms in total. The Morgan fingerprint density at radius 1 is 1.00 bits per heavy atom. The van der Waals surface area contributed by atoms with Crippen LogP contribution in [0.3, 0.4) is 0 Å². The Labute approximate surface area is 172 Å². The van der Waals surface area contributed by atoms with E-state index in [1.165, 1.54) is 16.7 Å². The van der Waals surface area contributed by atoms with Crippen molar-refractivity contribution in [2.75, 3.05) is 4.90 Å². The second kappa shape index (κ2) is 7.55. The van der Waals surface area contributed by atoms with Crippen molar-refractivity contribution in [3.8, 4) is 0 Å². The van der Waals surface area contributed by atoms with Gasteiger partial charge in [0.2, 0.25) is 0 Å². The molecule has 0 radical (unpaired) electrons. The molecule has 3 aromatic rings. The fraction of sp³-hybridized carbons (Fsp3) is 0.200. The molecule has 1 aliphatic rings. The Hall–Kier alpha value is -3.40. The van der Waals surface area contributed by atoms with Gasteiger partial charge in [0.15, 0.2) is 5.82 Å². The highest BCUT2D eigenvalue weighted by Gasteiger charge is 2.23. The van der Waals surface area contributed by atoms with Gasteiger partial charge in [0.05, 0.1) is 5.70 Å². The summed E-state index contributed by atoms with van der Waals surface area (Å²) in [5.74, 6) is 1.94. The standard InChI is InChI=1S/C25H26N4/c1-17-11-12-22(15-18(17)2)20(4)19(3)16-24-26-27-25-21(5)28(13-14-29(24)25)23-9-7-6-8-10-23/h6-15,19H,4-5,16H2,1-3H3. The first-order valence-corrected chi connectivity index (χ1v) is 9.88. The Balaban J connectivity index is 1.55. The summed E-state index contributed by atoms with van der Waals surface area (Å²) in [5, 5.41) is 8.87. The number of nitrogens with zero attached hydrogens (tertiary/aromatic N) is 4. The highest BCUT2D eigenvalue weighted by molar-refractivity contribution is 5.81. The van der Waals surface area contributed by atoms with Gasteiger partial charge in [-0.1, -0.05) is 56.5 Å². The summed E-state index contributed by atoms with van der Waals surface area (Å²) in [4.78, 5) is 2.03. The maximum Gasteiger partial charge on any atom is 0.184 e. The largest absolute Gasteiger partial charge is 0.313 e. The fourth-order valence-corrected chi connectivity index (χ4v) is 3.60. The van der Waals surface area contributed by atoms with Gasteiger partial charge in [-0.25, -0.2) is 0 Å². The lowest BCUT2D eigenvalue weighted by molar-refractivity contribution is 0.694. The van der Waals surface area contributed by atoms with Crippen molar-refractivity contribution in [1.29, 1.82) is 0 Å². The summed E-state index contributed by atoms with van der Waals surface area (Å²) in [6, 6.07) is 16.7. The van der Waals surface area contributed by atoms with Crippen molar-refractivity contribution in [1.82, 2.24) is 14.8 Å². The lowest BCUT2D eigenvalue weighted by atomic mass is 9.91. The van der Waals surface area contributed by atoms with E-state index in [1.54, 1.807) is 0 Å². The number of benzene rings is 2. The van der Waals surface area contributed by atoms with E-state index in [9.17, 15) is 0 Å². The average molecular weight is 383 g/mol. The third-order valence-corrected chi connectivity index (χ3v) is 5.68. The summed E-state index contributed by atoms with van der Waals surface area (Å²) >= 11 is 0. The molecule has 4 rings (SSSR count). The third-order valence-electron chi connectivity index (χ3n) is 5.68. The van der Waals surface area contributed by atoms with Gasteiger partial charge in [0.1, 0.15) is 5.82 Å². The predicted molar refractivity (Wildman–Crippen MR) is 121 cm³/mol. The second-order valence-corrected chi connectivity index (χ2v) is 7.69. The minimum Gasteiger partial charge on any atom is -0.313 e. The highest BCUT2D eigenvalue weighted by Crippen LogP contribution is 2.30. The lowest BCUT2D eigenvalue weighted by Crippen LogP contribution is -2.21. The Bertz CT molecular complexity index is 1110. The van der Waals surface area contributed by atoms with Gasteiger partial charge in [0, 0.05) is 24.5 Å². The second-order valence-electron chi connectivity index (χ2n) is 7.69. The first kappa shape index (κ1) is 18.9. The van der Waals surface area contributed by atoms with E-state index >= 15 is 0 Å². The van der Waals surface area contributed by atoms with E-state index in [0.717, 1.165) is 35.0 Å². The van der Waals surface area contributed by atoms with Crippen LogP contribution in [0.4, 0.5) is 5.69 Å². The number of hydrogen-bond acceptors (Lipinski definition) is 3. The molecule has 4 heteroatoms. The molecule has 0 aliphatic carbocycles. The fourth-order valence-electron chi connectivity index (χ4n) is 3.60. The van der Waals surface area contributed by atoms with Gasteiger partial charge >= 0.3 is 0 Å². The molecule has 1 atom stereocenters. The molecule has 0 fully saturated rings. The van der Waals surface area contributed by atoms with Crippen molar-refractivity contribution >= 4 is 23.2 Å². The molecular weight excluding hydrogens is 356 g/mol. The number of anilines is 1. The van der Waals surface area contributed by atoms with Crippen LogP contribution in [0.15, 0.2) is 67.9 Å². The van der Waals surface area contributed by atoms with E-state index in [-0.39, 0.29) is 5.92 Å². The normalized spacial score (nSPS) is 14.0. The van der Waals surface area contributed by atoms with Gasteiger partial charge in [-0.15, -0.1) is 10.2 Å². The van der Waals surface area contributed by atoms with Crippen LogP contribution in [0, 0.1) is 19.8 Å². The molecule has 1 aliphatic heterocycles. The summed E-state index contributed by atoms with van der Waals surface area (Å²) < 4.78 is 2.03. The van der Waals surface area contributed by atoms with Crippen molar-refractivity contribution in [2.45, 2.75) is 27.2 Å². The van der Waals surface area contributed by atoms with Crippen LogP contribution in [0.25, 0.3) is 17.5 Å². The summed E-state index contributed by atoms with van der Waals surface area (Å²) in [5.41, 5.74) is 6.77. The number of rotatable bonds is 5. The van der Waals surface area contributed by atoms with Crippen LogP contribution < -0.4 is 4.90 Å². The van der Waals surface area contributed by atoms with Crippen LogP contribution in [0.1, 0.15) is 35.3 Å². The number of fused-ring (bicyclic) bond motifs is 1. The molecule has 146 valence electrons. The van der Waals surface area contributed by atoms with Crippen LogP contribution in [0.5, 0.6) is 0 Å². The number of aromatic nitrogens is 3. The number of allylic oxidation sites excluding steroid dienone is 1. The van der Waals surface area contributed by atoms with E-state index in [4.69, 9.17) is 0 Å². The van der Waals surface area contributed by atoms with Crippen molar-refractivity contribution in [3.05, 3.63) is 96.2 Å². The monoisotopic (exact) mass is 382 g/mol. The molecule has 1 aromatic heterocycles. The Morgan fingerprint density at radius 2 is 1.76 bits per heavy atom. The SMILES string of the molecule is C=C(c1ccc(C)c(C)c1)C(C)Cc1nnc2n1C=CN(c1ccccc1)C2=C. The quantitative estimate of drug-likeness (QED) is 0.567. The van der Waals surface area contributed by atoms with Crippen LogP contribution in [-0.2, 0) is 6.42 Å². The van der Waals surface area contributed by atoms with E-state index in [0.29, 0.717) is 0 Å². The molecule has 2 heterocycles. The zero-order chi connectivity index (χ0) is 20.5. The number of hydrogen-bond donors (Lipinski definition) is 0. The van der Waals surface area contributed by atoms with Gasteiger partial charge < -0.3 is 4.90 Å². The molecule has 0 saturated heterocycles. The maximum absolute atomic E-state index is 4.46. The Morgan fingerprint density at radius 3 is 2.48 bits per heavy atom. The van der Waals surface area contributed by atoms with Crippen molar-refractivity contribution in [2.24, 2.45) is 5.92 Å². The van der Waals surface area contributed by atoms with Crippen LogP contribution >= 0.6 is 0 Å². The lowest BCUT2D eigenvalue weighted by Gasteiger charge is -2.26.